The number of aryl methyl sites for hydroxylation is 1. The Morgan fingerprint density at radius 2 is 1.82 bits per heavy atom. The number of rotatable bonds is 5. The number of ether oxygens (including phenoxy) is 1. The fraction of sp³-hybridized carbons (Fsp3) is 0.545. The highest BCUT2D eigenvalue weighted by atomic mass is 16.5. The average molecular weight is 383 g/mol. The highest BCUT2D eigenvalue weighted by molar-refractivity contribution is 5.94. The third kappa shape index (κ3) is 3.98. The second-order valence-electron chi connectivity index (χ2n) is 8.00. The van der Waals surface area contributed by atoms with Crippen LogP contribution >= 0.6 is 0 Å². The summed E-state index contributed by atoms with van der Waals surface area (Å²) < 4.78 is 7.42. The molecule has 0 bridgehead atoms. The van der Waals surface area contributed by atoms with Crippen LogP contribution in [0.3, 0.4) is 0 Å². The third-order valence-corrected chi connectivity index (χ3v) is 6.25. The predicted molar refractivity (Wildman–Crippen MR) is 109 cm³/mol. The van der Waals surface area contributed by atoms with Gasteiger partial charge < -0.3 is 10.1 Å². The molecule has 1 aliphatic carbocycles. The summed E-state index contributed by atoms with van der Waals surface area (Å²) in [6.07, 6.45) is 7.88. The van der Waals surface area contributed by atoms with Crippen molar-refractivity contribution >= 4 is 5.91 Å². The fourth-order valence-corrected chi connectivity index (χ4v) is 4.59. The van der Waals surface area contributed by atoms with E-state index in [1.807, 2.05) is 41.9 Å². The minimum atomic E-state index is 0.00180. The van der Waals surface area contributed by atoms with Crippen LogP contribution in [0.5, 0.6) is 0 Å². The molecule has 6 nitrogen and oxygen atoms in total. The summed E-state index contributed by atoms with van der Waals surface area (Å²) in [5.41, 5.74) is 2.82. The molecule has 28 heavy (non-hydrogen) atoms. The number of nitrogens with zero attached hydrogens (tertiary/aromatic N) is 3. The summed E-state index contributed by atoms with van der Waals surface area (Å²) in [7, 11) is 0. The van der Waals surface area contributed by atoms with E-state index in [4.69, 9.17) is 4.74 Å². The maximum Gasteiger partial charge on any atom is 0.251 e. The quantitative estimate of drug-likeness (QED) is 0.864. The Kier molecular flexibility index (Phi) is 5.78. The largest absolute Gasteiger partial charge is 0.379 e. The molecule has 2 fully saturated rings. The van der Waals surface area contributed by atoms with E-state index in [0.717, 1.165) is 50.5 Å². The second kappa shape index (κ2) is 8.45. The summed E-state index contributed by atoms with van der Waals surface area (Å²) in [5, 5.41) is 7.55. The van der Waals surface area contributed by atoms with E-state index in [2.05, 4.69) is 15.3 Å². The van der Waals surface area contributed by atoms with Gasteiger partial charge in [0.25, 0.3) is 5.91 Å². The Morgan fingerprint density at radius 1 is 1.11 bits per heavy atom. The molecule has 2 heterocycles. The topological polar surface area (TPSA) is 59.4 Å². The van der Waals surface area contributed by atoms with Crippen LogP contribution in [0.1, 0.15) is 48.2 Å². The van der Waals surface area contributed by atoms with Gasteiger partial charge in [0.2, 0.25) is 0 Å². The zero-order chi connectivity index (χ0) is 19.4. The third-order valence-electron chi connectivity index (χ3n) is 6.25. The Labute approximate surface area is 166 Å². The van der Waals surface area contributed by atoms with Crippen molar-refractivity contribution in [3.05, 3.63) is 47.8 Å². The van der Waals surface area contributed by atoms with Gasteiger partial charge in [-0.05, 0) is 50.1 Å². The van der Waals surface area contributed by atoms with Crippen molar-refractivity contribution in [3.63, 3.8) is 0 Å². The molecule has 6 heteroatoms. The molecule has 150 valence electrons. The first-order chi connectivity index (χ1) is 13.7. The van der Waals surface area contributed by atoms with Gasteiger partial charge in [0.15, 0.2) is 0 Å². The summed E-state index contributed by atoms with van der Waals surface area (Å²) in [4.78, 5) is 15.4. The standard InChI is InChI=1S/C22H30N4O2/c1-18-9-12-24-26(18)20-7-5-19(6-8-20)21(27)23-17-22(10-3-2-4-11-22)25-13-15-28-16-14-25/h5-9,12H,2-4,10-11,13-17H2,1H3,(H,23,27). The molecule has 2 aliphatic rings. The molecule has 0 unspecified atom stereocenters. The number of hydrogen-bond donors (Lipinski definition) is 1. The van der Waals surface area contributed by atoms with Gasteiger partial charge in [-0.25, -0.2) is 4.68 Å². The molecule has 1 aromatic heterocycles. The van der Waals surface area contributed by atoms with Gasteiger partial charge in [0, 0.05) is 42.6 Å². The number of carbonyl (C=O) groups excluding carboxylic acids is 1. The normalized spacial score (nSPS) is 20.0. The molecular weight excluding hydrogens is 352 g/mol. The van der Waals surface area contributed by atoms with Gasteiger partial charge in [0.1, 0.15) is 0 Å². The van der Waals surface area contributed by atoms with Crippen molar-refractivity contribution in [1.82, 2.24) is 20.0 Å². The van der Waals surface area contributed by atoms with E-state index in [9.17, 15) is 4.79 Å². The van der Waals surface area contributed by atoms with Crippen molar-refractivity contribution in [3.8, 4) is 5.69 Å². The molecule has 1 saturated heterocycles. The zero-order valence-corrected chi connectivity index (χ0v) is 16.7. The number of benzene rings is 1. The summed E-state index contributed by atoms with van der Waals surface area (Å²) in [5.74, 6) is 0.00180. The van der Waals surface area contributed by atoms with Crippen LogP contribution in [0, 0.1) is 6.92 Å². The van der Waals surface area contributed by atoms with Gasteiger partial charge in [-0.1, -0.05) is 19.3 Å². The lowest BCUT2D eigenvalue weighted by atomic mass is 9.79. The van der Waals surface area contributed by atoms with Crippen molar-refractivity contribution in [2.24, 2.45) is 0 Å². The van der Waals surface area contributed by atoms with E-state index < -0.39 is 0 Å². The highest BCUT2D eigenvalue weighted by Gasteiger charge is 2.38. The molecule has 1 saturated carbocycles. The first-order valence-electron chi connectivity index (χ1n) is 10.4. The summed E-state index contributed by atoms with van der Waals surface area (Å²) in [6, 6.07) is 9.64. The molecule has 1 amide bonds. The van der Waals surface area contributed by atoms with Crippen LogP contribution in [0.15, 0.2) is 36.5 Å². The Morgan fingerprint density at radius 3 is 2.46 bits per heavy atom. The highest BCUT2D eigenvalue weighted by Crippen LogP contribution is 2.34. The maximum atomic E-state index is 12.8. The summed E-state index contributed by atoms with van der Waals surface area (Å²) in [6.45, 7) is 6.25. The number of hydrogen-bond acceptors (Lipinski definition) is 4. The van der Waals surface area contributed by atoms with Gasteiger partial charge >= 0.3 is 0 Å². The van der Waals surface area contributed by atoms with Crippen LogP contribution in [0.25, 0.3) is 5.69 Å². The van der Waals surface area contributed by atoms with Crippen LogP contribution in [0.2, 0.25) is 0 Å². The van der Waals surface area contributed by atoms with Crippen LogP contribution in [-0.4, -0.2) is 59.0 Å². The van der Waals surface area contributed by atoms with E-state index in [-0.39, 0.29) is 11.4 Å². The van der Waals surface area contributed by atoms with Crippen molar-refractivity contribution < 1.29 is 9.53 Å². The zero-order valence-electron chi connectivity index (χ0n) is 16.7. The lowest BCUT2D eigenvalue weighted by Crippen LogP contribution is -2.59. The van der Waals surface area contributed by atoms with Gasteiger partial charge in [-0.2, -0.15) is 5.10 Å². The molecule has 4 rings (SSSR count). The molecule has 2 aromatic rings. The average Bonchev–Trinajstić information content (AvgIpc) is 3.19. The molecule has 1 aromatic carbocycles. The van der Waals surface area contributed by atoms with E-state index in [0.29, 0.717) is 12.1 Å². The van der Waals surface area contributed by atoms with Crippen molar-refractivity contribution in [2.75, 3.05) is 32.8 Å². The fourth-order valence-electron chi connectivity index (χ4n) is 4.59. The van der Waals surface area contributed by atoms with Crippen LogP contribution < -0.4 is 5.32 Å². The van der Waals surface area contributed by atoms with E-state index >= 15 is 0 Å². The predicted octanol–water partition coefficient (Wildman–Crippen LogP) is 2.95. The first-order valence-corrected chi connectivity index (χ1v) is 10.4. The van der Waals surface area contributed by atoms with Gasteiger partial charge in [-0.15, -0.1) is 0 Å². The number of aromatic nitrogens is 2. The minimum absolute atomic E-state index is 0.00180. The Hall–Kier alpha value is -2.18. The Bertz CT molecular complexity index is 787. The lowest BCUT2D eigenvalue weighted by Gasteiger charge is -2.48. The first kappa shape index (κ1) is 19.2. The number of morpholine rings is 1. The SMILES string of the molecule is Cc1ccnn1-c1ccc(C(=O)NCC2(N3CCOCC3)CCCCC2)cc1. The maximum absolute atomic E-state index is 12.8. The minimum Gasteiger partial charge on any atom is -0.379 e. The summed E-state index contributed by atoms with van der Waals surface area (Å²) >= 11 is 0. The number of nitrogens with one attached hydrogen (secondary N) is 1. The van der Waals surface area contributed by atoms with Crippen LogP contribution in [-0.2, 0) is 4.74 Å². The molecule has 0 spiro atoms. The van der Waals surface area contributed by atoms with Crippen LogP contribution in [0.4, 0.5) is 0 Å². The molecular formula is C22H30N4O2. The monoisotopic (exact) mass is 382 g/mol. The Balaban J connectivity index is 1.42. The molecule has 0 radical (unpaired) electrons. The molecule has 1 aliphatic heterocycles. The number of amides is 1. The van der Waals surface area contributed by atoms with Gasteiger partial charge in [0.05, 0.1) is 18.9 Å². The lowest BCUT2D eigenvalue weighted by molar-refractivity contribution is -0.0361. The van der Waals surface area contributed by atoms with Crippen molar-refractivity contribution in [2.45, 2.75) is 44.6 Å². The smallest absolute Gasteiger partial charge is 0.251 e. The second-order valence-corrected chi connectivity index (χ2v) is 8.00. The number of carbonyl (C=O) groups is 1. The van der Waals surface area contributed by atoms with E-state index in [1.165, 1.54) is 19.3 Å². The molecule has 0 atom stereocenters. The van der Waals surface area contributed by atoms with Gasteiger partial charge in [-0.3, -0.25) is 9.69 Å². The van der Waals surface area contributed by atoms with E-state index in [1.54, 1.807) is 6.20 Å². The molecule has 1 N–H and O–H groups in total. The van der Waals surface area contributed by atoms with Crippen molar-refractivity contribution in [1.29, 1.82) is 0 Å².